The third-order valence-electron chi connectivity index (χ3n) is 6.78. The molecule has 1 aliphatic carbocycles. The zero-order valence-electron chi connectivity index (χ0n) is 17.8. The van der Waals surface area contributed by atoms with Gasteiger partial charge in [0.1, 0.15) is 0 Å². The summed E-state index contributed by atoms with van der Waals surface area (Å²) in [6.45, 7) is 7.63. The third-order valence-corrected chi connectivity index (χ3v) is 6.78. The van der Waals surface area contributed by atoms with E-state index in [0.717, 1.165) is 58.4 Å². The number of hydrogen-bond acceptors (Lipinski definition) is 4. The van der Waals surface area contributed by atoms with Crippen molar-refractivity contribution in [2.45, 2.75) is 83.2 Å². The number of carbonyl (C=O) groups excluding carboxylic acids is 2. The van der Waals surface area contributed by atoms with E-state index in [1.54, 1.807) is 0 Å². The molecule has 2 aliphatic heterocycles. The molecule has 0 bridgehead atoms. The number of amides is 2. The fourth-order valence-corrected chi connectivity index (χ4v) is 4.93. The number of likely N-dealkylation sites (tertiary alicyclic amines) is 1. The zero-order chi connectivity index (χ0) is 19.8. The Morgan fingerprint density at radius 2 is 1.32 bits per heavy atom. The zero-order valence-corrected chi connectivity index (χ0v) is 17.8. The van der Waals surface area contributed by atoms with Gasteiger partial charge in [0, 0.05) is 44.8 Å². The molecule has 3 rings (SSSR count). The van der Waals surface area contributed by atoms with Crippen molar-refractivity contribution in [3.63, 3.8) is 0 Å². The van der Waals surface area contributed by atoms with Crippen molar-refractivity contribution < 1.29 is 9.59 Å². The molecular formula is C22H40N4O2. The monoisotopic (exact) mass is 392 g/mol. The molecule has 3 aliphatic rings. The molecule has 160 valence electrons. The molecule has 6 nitrogen and oxygen atoms in total. The van der Waals surface area contributed by atoms with E-state index in [2.05, 4.69) is 26.9 Å². The lowest BCUT2D eigenvalue weighted by Crippen LogP contribution is -2.53. The Hall–Kier alpha value is -1.14. The maximum Gasteiger partial charge on any atom is 0.236 e. The predicted octanol–water partition coefficient (Wildman–Crippen LogP) is 2.23. The predicted molar refractivity (Wildman–Crippen MR) is 112 cm³/mol. The average molecular weight is 393 g/mol. The van der Waals surface area contributed by atoms with Crippen molar-refractivity contribution in [3.05, 3.63) is 0 Å². The summed E-state index contributed by atoms with van der Waals surface area (Å²) in [6, 6.07) is 0.762. The van der Waals surface area contributed by atoms with Crippen LogP contribution in [0.4, 0.5) is 0 Å². The van der Waals surface area contributed by atoms with Gasteiger partial charge in [-0.05, 0) is 39.0 Å². The molecule has 1 atom stereocenters. The lowest BCUT2D eigenvalue weighted by Gasteiger charge is -2.38. The van der Waals surface area contributed by atoms with Crippen molar-refractivity contribution in [1.29, 1.82) is 0 Å². The van der Waals surface area contributed by atoms with Gasteiger partial charge in [0.15, 0.2) is 0 Å². The van der Waals surface area contributed by atoms with E-state index in [-0.39, 0.29) is 11.8 Å². The summed E-state index contributed by atoms with van der Waals surface area (Å²) < 4.78 is 0. The van der Waals surface area contributed by atoms with Gasteiger partial charge in [-0.15, -0.1) is 0 Å². The third kappa shape index (κ3) is 6.73. The lowest BCUT2D eigenvalue weighted by molar-refractivity contribution is -0.136. The minimum absolute atomic E-state index is 0.178. The number of rotatable bonds is 5. The van der Waals surface area contributed by atoms with Crippen LogP contribution in [-0.4, -0.2) is 84.4 Å². The van der Waals surface area contributed by atoms with Gasteiger partial charge in [-0.2, -0.15) is 0 Å². The SMILES string of the molecule is CC1CCCCN1C(=O)CN1CCN(CC(=O)NC2CCCCCCC2)CC1. The van der Waals surface area contributed by atoms with E-state index in [4.69, 9.17) is 0 Å². The van der Waals surface area contributed by atoms with Crippen LogP contribution in [-0.2, 0) is 9.59 Å². The topological polar surface area (TPSA) is 55.9 Å². The lowest BCUT2D eigenvalue weighted by atomic mass is 9.97. The Kier molecular flexibility index (Phi) is 8.59. The highest BCUT2D eigenvalue weighted by Gasteiger charge is 2.27. The first-order valence-corrected chi connectivity index (χ1v) is 11.7. The molecule has 1 saturated carbocycles. The van der Waals surface area contributed by atoms with Gasteiger partial charge in [0.25, 0.3) is 0 Å². The smallest absolute Gasteiger partial charge is 0.236 e. The van der Waals surface area contributed by atoms with Crippen molar-refractivity contribution in [2.75, 3.05) is 45.8 Å². The van der Waals surface area contributed by atoms with Crippen molar-refractivity contribution in [1.82, 2.24) is 20.0 Å². The molecule has 0 aromatic carbocycles. The first kappa shape index (κ1) is 21.6. The van der Waals surface area contributed by atoms with Crippen LogP contribution in [0.15, 0.2) is 0 Å². The highest BCUT2D eigenvalue weighted by molar-refractivity contribution is 5.79. The molecule has 2 heterocycles. The van der Waals surface area contributed by atoms with Gasteiger partial charge in [-0.1, -0.05) is 32.1 Å². The molecule has 2 saturated heterocycles. The highest BCUT2D eigenvalue weighted by atomic mass is 16.2. The summed E-state index contributed by atoms with van der Waals surface area (Å²) >= 11 is 0. The fourth-order valence-electron chi connectivity index (χ4n) is 4.93. The van der Waals surface area contributed by atoms with Crippen LogP contribution in [0.2, 0.25) is 0 Å². The fraction of sp³-hybridized carbons (Fsp3) is 0.909. The first-order valence-electron chi connectivity index (χ1n) is 11.7. The maximum absolute atomic E-state index is 12.6. The van der Waals surface area contributed by atoms with E-state index in [1.165, 1.54) is 38.5 Å². The quantitative estimate of drug-likeness (QED) is 0.780. The molecule has 2 amide bonds. The molecule has 6 heteroatoms. The van der Waals surface area contributed by atoms with Crippen LogP contribution in [0.25, 0.3) is 0 Å². The molecule has 28 heavy (non-hydrogen) atoms. The molecule has 0 aromatic rings. The van der Waals surface area contributed by atoms with E-state index in [1.807, 2.05) is 0 Å². The second kappa shape index (κ2) is 11.1. The number of hydrogen-bond donors (Lipinski definition) is 1. The Morgan fingerprint density at radius 1 is 0.750 bits per heavy atom. The Morgan fingerprint density at radius 3 is 1.96 bits per heavy atom. The second-order valence-electron chi connectivity index (χ2n) is 9.09. The largest absolute Gasteiger partial charge is 0.352 e. The summed E-state index contributed by atoms with van der Waals surface area (Å²) in [6.07, 6.45) is 12.2. The normalized spacial score (nSPS) is 26.5. The van der Waals surface area contributed by atoms with E-state index in [0.29, 0.717) is 25.2 Å². The van der Waals surface area contributed by atoms with Crippen molar-refractivity contribution >= 4 is 11.8 Å². The molecule has 1 N–H and O–H groups in total. The number of piperidine rings is 1. The average Bonchev–Trinajstić information content (AvgIpc) is 2.66. The number of piperazine rings is 1. The first-order chi connectivity index (χ1) is 13.6. The van der Waals surface area contributed by atoms with E-state index in [9.17, 15) is 9.59 Å². The minimum Gasteiger partial charge on any atom is -0.352 e. The molecular weight excluding hydrogens is 352 g/mol. The standard InChI is InChI=1S/C22H40N4O2/c1-19-9-7-8-12-26(19)22(28)18-25-15-13-24(14-16-25)17-21(27)23-20-10-5-3-2-4-6-11-20/h19-20H,2-18H2,1H3,(H,23,27). The summed E-state index contributed by atoms with van der Waals surface area (Å²) in [7, 11) is 0. The van der Waals surface area contributed by atoms with Crippen LogP contribution < -0.4 is 5.32 Å². The van der Waals surface area contributed by atoms with Crippen molar-refractivity contribution in [3.8, 4) is 0 Å². The van der Waals surface area contributed by atoms with Crippen LogP contribution in [0.3, 0.4) is 0 Å². The van der Waals surface area contributed by atoms with E-state index >= 15 is 0 Å². The Labute approximate surface area is 171 Å². The Balaban J connectivity index is 1.34. The van der Waals surface area contributed by atoms with Gasteiger partial charge < -0.3 is 10.2 Å². The summed E-state index contributed by atoms with van der Waals surface area (Å²) in [4.78, 5) is 31.6. The van der Waals surface area contributed by atoms with Gasteiger partial charge in [-0.3, -0.25) is 19.4 Å². The van der Waals surface area contributed by atoms with Gasteiger partial charge in [0.2, 0.25) is 11.8 Å². The van der Waals surface area contributed by atoms with Gasteiger partial charge >= 0.3 is 0 Å². The van der Waals surface area contributed by atoms with Crippen LogP contribution in [0.5, 0.6) is 0 Å². The van der Waals surface area contributed by atoms with Crippen LogP contribution in [0, 0.1) is 0 Å². The molecule has 1 unspecified atom stereocenters. The number of nitrogens with zero attached hydrogens (tertiary/aromatic N) is 3. The number of nitrogens with one attached hydrogen (secondary N) is 1. The maximum atomic E-state index is 12.6. The van der Waals surface area contributed by atoms with Crippen LogP contribution >= 0.6 is 0 Å². The van der Waals surface area contributed by atoms with Crippen LogP contribution in [0.1, 0.15) is 71.1 Å². The number of carbonyl (C=O) groups is 2. The van der Waals surface area contributed by atoms with E-state index < -0.39 is 0 Å². The molecule has 3 fully saturated rings. The minimum atomic E-state index is 0.178. The summed E-state index contributed by atoms with van der Waals surface area (Å²) in [5.74, 6) is 0.458. The Bertz CT molecular complexity index is 497. The summed E-state index contributed by atoms with van der Waals surface area (Å²) in [5.41, 5.74) is 0. The molecule has 0 spiro atoms. The highest BCUT2D eigenvalue weighted by Crippen LogP contribution is 2.18. The second-order valence-corrected chi connectivity index (χ2v) is 9.09. The van der Waals surface area contributed by atoms with Gasteiger partial charge in [-0.25, -0.2) is 0 Å². The van der Waals surface area contributed by atoms with Crippen molar-refractivity contribution in [2.24, 2.45) is 0 Å². The van der Waals surface area contributed by atoms with Gasteiger partial charge in [0.05, 0.1) is 13.1 Å². The molecule has 0 aromatic heterocycles. The summed E-state index contributed by atoms with van der Waals surface area (Å²) in [5, 5.41) is 3.27. The molecule has 0 radical (unpaired) electrons.